The van der Waals surface area contributed by atoms with Crippen LogP contribution in [-0.4, -0.2) is 17.4 Å². The topological polar surface area (TPSA) is 35.5 Å². The van der Waals surface area contributed by atoms with Crippen molar-refractivity contribution < 1.29 is 13.7 Å². The van der Waals surface area contributed by atoms with E-state index in [0.29, 0.717) is 24.7 Å². The molecule has 98 valence electrons. The quantitative estimate of drug-likeness (QED) is 0.841. The van der Waals surface area contributed by atoms with E-state index in [2.05, 4.69) is 6.58 Å². The predicted molar refractivity (Wildman–Crippen MR) is 77.4 cm³/mol. The summed E-state index contributed by atoms with van der Waals surface area (Å²) >= 11 is 1.44. The third-order valence-corrected chi connectivity index (χ3v) is 4.97. The Morgan fingerprint density at radius 1 is 1.16 bits per heavy atom. The smallest absolute Gasteiger partial charge is 0.180 e. The highest BCUT2D eigenvalue weighted by molar-refractivity contribution is 7.92. The maximum Gasteiger partial charge on any atom is 0.180 e. The molecule has 3 nitrogen and oxygen atoms in total. The molecule has 2 aromatic rings. The van der Waals surface area contributed by atoms with Gasteiger partial charge in [0.15, 0.2) is 11.5 Å². The Kier molecular flexibility index (Phi) is 3.40. The van der Waals surface area contributed by atoms with E-state index in [1.54, 1.807) is 5.41 Å². The van der Waals surface area contributed by atoms with Crippen molar-refractivity contribution in [1.82, 2.24) is 0 Å². The minimum Gasteiger partial charge on any atom is -0.485 e. The standard InChI is InChI=1S/C14H12O3S2/c1-10-13-14(17-8-7-16-13)12(18-10)9-19(15)11-5-3-2-4-6-11/h2-6,9H,1,7-8H2/b12-9-. The Bertz CT molecular complexity index is 719. The number of hydrogen-bond acceptors (Lipinski definition) is 4. The van der Waals surface area contributed by atoms with Crippen LogP contribution < -0.4 is 18.5 Å². The van der Waals surface area contributed by atoms with Gasteiger partial charge in [0.05, 0.1) is 19.9 Å². The van der Waals surface area contributed by atoms with E-state index in [9.17, 15) is 4.21 Å². The minimum atomic E-state index is -1.20. The van der Waals surface area contributed by atoms with Crippen LogP contribution in [0.15, 0.2) is 35.2 Å². The molecule has 1 aromatic heterocycles. The summed E-state index contributed by atoms with van der Waals surface area (Å²) in [7, 11) is -1.20. The van der Waals surface area contributed by atoms with E-state index < -0.39 is 10.8 Å². The van der Waals surface area contributed by atoms with Crippen LogP contribution in [0, 0.1) is 0 Å². The number of fused-ring (bicyclic) bond motifs is 1. The second-order valence-electron chi connectivity index (χ2n) is 3.97. The van der Waals surface area contributed by atoms with Crippen molar-refractivity contribution in [3.63, 3.8) is 0 Å². The summed E-state index contributed by atoms with van der Waals surface area (Å²) in [6, 6.07) is 9.33. The van der Waals surface area contributed by atoms with Crippen molar-refractivity contribution in [2.75, 3.05) is 13.2 Å². The van der Waals surface area contributed by atoms with Crippen molar-refractivity contribution >= 4 is 34.1 Å². The second-order valence-corrected chi connectivity index (χ2v) is 6.41. The van der Waals surface area contributed by atoms with E-state index >= 15 is 0 Å². The second kappa shape index (κ2) is 5.19. The molecule has 19 heavy (non-hydrogen) atoms. The summed E-state index contributed by atoms with van der Waals surface area (Å²) in [5.41, 5.74) is 0. The van der Waals surface area contributed by atoms with Gasteiger partial charge in [-0.15, -0.1) is 11.3 Å². The Balaban J connectivity index is 2.05. The van der Waals surface area contributed by atoms with Gasteiger partial charge in [-0.25, -0.2) is 4.21 Å². The largest absolute Gasteiger partial charge is 0.485 e. The SMILES string of the molecule is C=c1s/c(=C\S(=O)c2ccccc2)c2c1OCCO2. The summed E-state index contributed by atoms with van der Waals surface area (Å²) in [6.07, 6.45) is 0. The monoisotopic (exact) mass is 292 g/mol. The first kappa shape index (κ1) is 12.4. The first-order chi connectivity index (χ1) is 9.25. The van der Waals surface area contributed by atoms with Gasteiger partial charge in [0.2, 0.25) is 0 Å². The molecular weight excluding hydrogens is 280 g/mol. The van der Waals surface area contributed by atoms with E-state index in [1.807, 2.05) is 30.3 Å². The predicted octanol–water partition coefficient (Wildman–Crippen LogP) is 1.48. The lowest BCUT2D eigenvalue weighted by atomic mass is 10.4. The molecule has 1 unspecified atom stereocenters. The van der Waals surface area contributed by atoms with Gasteiger partial charge in [0.1, 0.15) is 13.2 Å². The molecule has 0 bridgehead atoms. The molecule has 0 spiro atoms. The van der Waals surface area contributed by atoms with Gasteiger partial charge in [-0.1, -0.05) is 24.8 Å². The molecule has 1 aromatic carbocycles. The number of hydrogen-bond donors (Lipinski definition) is 0. The summed E-state index contributed by atoms with van der Waals surface area (Å²) in [5, 5.41) is 1.70. The Labute approximate surface area is 117 Å². The van der Waals surface area contributed by atoms with Crippen LogP contribution in [0.25, 0.3) is 12.0 Å². The van der Waals surface area contributed by atoms with Crippen LogP contribution in [0.3, 0.4) is 0 Å². The van der Waals surface area contributed by atoms with Gasteiger partial charge >= 0.3 is 0 Å². The van der Waals surface area contributed by atoms with Gasteiger partial charge < -0.3 is 9.47 Å². The highest BCUT2D eigenvalue weighted by Crippen LogP contribution is 2.24. The van der Waals surface area contributed by atoms with Gasteiger partial charge in [-0.05, 0) is 12.1 Å². The maximum atomic E-state index is 12.3. The van der Waals surface area contributed by atoms with Crippen molar-refractivity contribution in [2.24, 2.45) is 0 Å². The number of benzene rings is 1. The van der Waals surface area contributed by atoms with Crippen molar-refractivity contribution in [1.29, 1.82) is 0 Å². The van der Waals surface area contributed by atoms with Gasteiger partial charge in [-0.3, -0.25) is 0 Å². The molecule has 5 heteroatoms. The van der Waals surface area contributed by atoms with Crippen LogP contribution in [0.5, 0.6) is 11.5 Å². The lowest BCUT2D eigenvalue weighted by Gasteiger charge is -2.14. The van der Waals surface area contributed by atoms with Crippen molar-refractivity contribution in [3.05, 3.63) is 39.4 Å². The van der Waals surface area contributed by atoms with Crippen LogP contribution in [-0.2, 0) is 10.8 Å². The summed E-state index contributed by atoms with van der Waals surface area (Å²) in [5.74, 6) is 1.36. The fourth-order valence-electron chi connectivity index (χ4n) is 1.83. The zero-order chi connectivity index (χ0) is 13.2. The highest BCUT2D eigenvalue weighted by atomic mass is 32.2. The molecule has 0 N–H and O–H groups in total. The minimum absolute atomic E-state index is 0.516. The maximum absolute atomic E-state index is 12.3. The molecule has 2 heterocycles. The third-order valence-electron chi connectivity index (χ3n) is 2.68. The first-order valence-electron chi connectivity index (χ1n) is 5.80. The molecule has 0 fully saturated rings. The van der Waals surface area contributed by atoms with Crippen LogP contribution in [0.1, 0.15) is 0 Å². The molecule has 0 amide bonds. The number of rotatable bonds is 2. The van der Waals surface area contributed by atoms with Crippen molar-refractivity contribution in [2.45, 2.75) is 4.90 Å². The molecular formula is C14H12O3S2. The number of thiophene rings is 1. The number of ether oxygens (including phenoxy) is 2. The Hall–Kier alpha value is -1.59. The van der Waals surface area contributed by atoms with E-state index in [-0.39, 0.29) is 0 Å². The van der Waals surface area contributed by atoms with E-state index in [1.165, 1.54) is 11.3 Å². The lowest BCUT2D eigenvalue weighted by molar-refractivity contribution is 0.171. The lowest BCUT2D eigenvalue weighted by Crippen LogP contribution is -2.19. The molecule has 0 saturated heterocycles. The molecule has 0 saturated carbocycles. The van der Waals surface area contributed by atoms with Gasteiger partial charge in [0, 0.05) is 10.3 Å². The molecule has 1 atom stereocenters. The molecule has 0 radical (unpaired) electrons. The average molecular weight is 292 g/mol. The summed E-state index contributed by atoms with van der Waals surface area (Å²) < 4.78 is 25.0. The zero-order valence-corrected chi connectivity index (χ0v) is 11.8. The Morgan fingerprint density at radius 2 is 1.84 bits per heavy atom. The van der Waals surface area contributed by atoms with Gasteiger partial charge in [0.25, 0.3) is 0 Å². The van der Waals surface area contributed by atoms with E-state index in [0.717, 1.165) is 14.0 Å². The summed E-state index contributed by atoms with van der Waals surface area (Å²) in [6.45, 7) is 4.98. The zero-order valence-electron chi connectivity index (χ0n) is 10.1. The molecule has 1 aliphatic rings. The highest BCUT2D eigenvalue weighted by Gasteiger charge is 2.17. The fourth-order valence-corrected chi connectivity index (χ4v) is 3.90. The normalized spacial score (nSPS) is 16.3. The first-order valence-corrected chi connectivity index (χ1v) is 7.83. The molecule has 1 aliphatic heterocycles. The van der Waals surface area contributed by atoms with Crippen molar-refractivity contribution in [3.8, 4) is 11.5 Å². The van der Waals surface area contributed by atoms with E-state index in [4.69, 9.17) is 9.47 Å². The third kappa shape index (κ3) is 2.43. The molecule has 3 rings (SSSR count). The summed E-state index contributed by atoms with van der Waals surface area (Å²) in [4.78, 5) is 0.770. The van der Waals surface area contributed by atoms with Crippen LogP contribution in [0.4, 0.5) is 0 Å². The van der Waals surface area contributed by atoms with Crippen LogP contribution in [0.2, 0.25) is 0 Å². The average Bonchev–Trinajstić information content (AvgIpc) is 2.77. The molecule has 0 aliphatic carbocycles. The Morgan fingerprint density at radius 3 is 2.58 bits per heavy atom. The fraction of sp³-hybridized carbons (Fsp3) is 0.143. The van der Waals surface area contributed by atoms with Gasteiger partial charge in [-0.2, -0.15) is 0 Å². The van der Waals surface area contributed by atoms with Crippen LogP contribution >= 0.6 is 11.3 Å².